The van der Waals surface area contributed by atoms with E-state index in [0.717, 1.165) is 22.1 Å². The topological polar surface area (TPSA) is 22.8 Å². The van der Waals surface area contributed by atoms with Crippen molar-refractivity contribution in [2.24, 2.45) is 0 Å². The smallest absolute Gasteiger partial charge is 0.0948 e. The number of hydrogen-bond acceptors (Lipinski definition) is 1. The van der Waals surface area contributed by atoms with Gasteiger partial charge in [-0.05, 0) is 71.8 Å². The molecule has 0 aliphatic heterocycles. The third-order valence-corrected chi connectivity index (χ3v) is 8.53. The van der Waals surface area contributed by atoms with Crippen molar-refractivity contribution in [3.8, 4) is 22.5 Å². The van der Waals surface area contributed by atoms with Gasteiger partial charge in [0.15, 0.2) is 0 Å². The molecule has 3 heteroatoms. The van der Waals surface area contributed by atoms with Gasteiger partial charge in [0.25, 0.3) is 0 Å². The third-order valence-electron chi connectivity index (χ3n) is 8.53. The Balaban J connectivity index is 1.31. The molecule has 9 aromatic rings. The molecule has 6 aromatic carbocycles. The highest BCUT2D eigenvalue weighted by molar-refractivity contribution is 6.18. The molecule has 0 bridgehead atoms. The number of fused-ring (bicyclic) bond motifs is 8. The van der Waals surface area contributed by atoms with Gasteiger partial charge in [0, 0.05) is 44.5 Å². The highest BCUT2D eigenvalue weighted by Crippen LogP contribution is 2.39. The molecule has 196 valence electrons. The van der Waals surface area contributed by atoms with Gasteiger partial charge in [-0.1, -0.05) is 84.9 Å². The van der Waals surface area contributed by atoms with Crippen LogP contribution in [-0.4, -0.2) is 14.1 Å². The monoisotopic (exact) mass is 535 g/mol. The fraction of sp³-hybridized carbons (Fsp3) is 0. The molecule has 3 nitrogen and oxygen atoms in total. The van der Waals surface area contributed by atoms with Crippen LogP contribution >= 0.6 is 0 Å². The molecular weight excluding hydrogens is 510 g/mol. The maximum absolute atomic E-state index is 4.84. The lowest BCUT2D eigenvalue weighted by Crippen LogP contribution is -1.94. The molecule has 0 amide bonds. The van der Waals surface area contributed by atoms with Gasteiger partial charge >= 0.3 is 0 Å². The summed E-state index contributed by atoms with van der Waals surface area (Å²) in [5.41, 5.74) is 10.5. The van der Waals surface area contributed by atoms with E-state index in [0.29, 0.717) is 0 Å². The van der Waals surface area contributed by atoms with Gasteiger partial charge in [0.1, 0.15) is 0 Å². The molecule has 3 heterocycles. The second-order valence-corrected chi connectivity index (χ2v) is 10.9. The van der Waals surface area contributed by atoms with Crippen molar-refractivity contribution >= 4 is 54.5 Å². The molecule has 3 aromatic heterocycles. The molecular formula is C39H25N3. The Hall–Kier alpha value is -5.67. The predicted molar refractivity (Wildman–Crippen MR) is 176 cm³/mol. The lowest BCUT2D eigenvalue weighted by atomic mass is 10.0. The lowest BCUT2D eigenvalue weighted by Gasteiger charge is -2.10. The molecule has 0 aliphatic carbocycles. The van der Waals surface area contributed by atoms with Crippen molar-refractivity contribution in [2.75, 3.05) is 0 Å². The fourth-order valence-electron chi connectivity index (χ4n) is 6.67. The number of aromatic nitrogens is 3. The van der Waals surface area contributed by atoms with Crippen LogP contribution in [-0.2, 0) is 0 Å². The van der Waals surface area contributed by atoms with Crippen LogP contribution in [0.3, 0.4) is 0 Å². The van der Waals surface area contributed by atoms with Crippen molar-refractivity contribution in [1.29, 1.82) is 0 Å². The van der Waals surface area contributed by atoms with Gasteiger partial charge in [0.05, 0.1) is 27.6 Å². The van der Waals surface area contributed by atoms with Gasteiger partial charge in [-0.2, -0.15) is 0 Å². The van der Waals surface area contributed by atoms with E-state index in [9.17, 15) is 0 Å². The number of pyridine rings is 1. The highest BCUT2D eigenvalue weighted by Gasteiger charge is 2.17. The number of nitrogens with zero attached hydrogens (tertiary/aromatic N) is 3. The summed E-state index contributed by atoms with van der Waals surface area (Å²) in [7, 11) is 0. The van der Waals surface area contributed by atoms with E-state index in [2.05, 4.69) is 149 Å². The average molecular weight is 536 g/mol. The van der Waals surface area contributed by atoms with Crippen LogP contribution in [0.1, 0.15) is 0 Å². The predicted octanol–water partition coefficient (Wildman–Crippen LogP) is 10.1. The van der Waals surface area contributed by atoms with E-state index in [-0.39, 0.29) is 0 Å². The van der Waals surface area contributed by atoms with Gasteiger partial charge < -0.3 is 9.13 Å². The van der Waals surface area contributed by atoms with Gasteiger partial charge in [0.2, 0.25) is 0 Å². The van der Waals surface area contributed by atoms with E-state index < -0.39 is 0 Å². The Morgan fingerprint density at radius 3 is 1.74 bits per heavy atom. The van der Waals surface area contributed by atoms with Crippen LogP contribution in [0.2, 0.25) is 0 Å². The Morgan fingerprint density at radius 1 is 0.405 bits per heavy atom. The van der Waals surface area contributed by atoms with E-state index in [1.54, 1.807) is 0 Å². The maximum Gasteiger partial charge on any atom is 0.0948 e. The summed E-state index contributed by atoms with van der Waals surface area (Å²) in [5, 5.41) is 6.10. The molecule has 0 fully saturated rings. The van der Waals surface area contributed by atoms with Crippen LogP contribution in [0.15, 0.2) is 152 Å². The molecule has 0 N–H and O–H groups in total. The zero-order chi connectivity index (χ0) is 27.6. The Kier molecular flexibility index (Phi) is 4.90. The van der Waals surface area contributed by atoms with Gasteiger partial charge in [-0.15, -0.1) is 0 Å². The maximum atomic E-state index is 4.84. The average Bonchev–Trinajstić information content (AvgIpc) is 3.58. The summed E-state index contributed by atoms with van der Waals surface area (Å²) < 4.78 is 4.73. The van der Waals surface area contributed by atoms with E-state index in [4.69, 9.17) is 4.98 Å². The van der Waals surface area contributed by atoms with Crippen LogP contribution in [0.4, 0.5) is 0 Å². The summed E-state index contributed by atoms with van der Waals surface area (Å²) in [4.78, 5) is 4.84. The standard InChI is InChI=1S/C39H25N3/c1-3-11-29(12-4-1)41-35-16-8-7-15-31(35)33-24-27(18-21-36(33)41)28-19-22-37-34(25-28)32-20-17-26-10-9-23-40-38(26)39(32)42(37)30-13-5-2-6-14-30/h1-25H. The number of hydrogen-bond donors (Lipinski definition) is 0. The van der Waals surface area contributed by atoms with Crippen LogP contribution < -0.4 is 0 Å². The first-order valence-electron chi connectivity index (χ1n) is 14.3. The first-order chi connectivity index (χ1) is 20.8. The molecule has 0 radical (unpaired) electrons. The Morgan fingerprint density at radius 2 is 1.00 bits per heavy atom. The van der Waals surface area contributed by atoms with Crippen molar-refractivity contribution in [2.45, 2.75) is 0 Å². The van der Waals surface area contributed by atoms with Crippen molar-refractivity contribution in [3.63, 3.8) is 0 Å². The van der Waals surface area contributed by atoms with E-state index in [1.807, 2.05) is 12.3 Å². The largest absolute Gasteiger partial charge is 0.309 e. The fourth-order valence-corrected chi connectivity index (χ4v) is 6.67. The Bertz CT molecular complexity index is 2450. The number of para-hydroxylation sites is 3. The summed E-state index contributed by atoms with van der Waals surface area (Å²) >= 11 is 0. The summed E-state index contributed by atoms with van der Waals surface area (Å²) in [5.74, 6) is 0. The molecule has 0 aliphatic rings. The van der Waals surface area contributed by atoms with Crippen molar-refractivity contribution < 1.29 is 0 Å². The van der Waals surface area contributed by atoms with Crippen LogP contribution in [0.5, 0.6) is 0 Å². The third kappa shape index (κ3) is 3.31. The molecule has 0 unspecified atom stereocenters. The Labute approximate surface area is 242 Å². The number of rotatable bonds is 3. The van der Waals surface area contributed by atoms with Gasteiger partial charge in [-0.3, -0.25) is 4.98 Å². The molecule has 0 spiro atoms. The molecule has 9 rings (SSSR count). The van der Waals surface area contributed by atoms with Gasteiger partial charge in [-0.25, -0.2) is 0 Å². The normalized spacial score (nSPS) is 11.8. The lowest BCUT2D eigenvalue weighted by molar-refractivity contribution is 1.18. The summed E-state index contributed by atoms with van der Waals surface area (Å²) in [6.45, 7) is 0. The summed E-state index contributed by atoms with van der Waals surface area (Å²) in [6.07, 6.45) is 1.89. The molecule has 42 heavy (non-hydrogen) atoms. The van der Waals surface area contributed by atoms with Crippen LogP contribution in [0.25, 0.3) is 77.0 Å². The second kappa shape index (κ2) is 8.92. The molecule has 0 saturated carbocycles. The zero-order valence-electron chi connectivity index (χ0n) is 22.8. The van der Waals surface area contributed by atoms with Crippen LogP contribution in [0, 0.1) is 0 Å². The first-order valence-corrected chi connectivity index (χ1v) is 14.3. The number of benzene rings is 6. The minimum absolute atomic E-state index is 1.02. The SMILES string of the molecule is c1ccc(-n2c3ccccc3c3cc(-c4ccc5c(c4)c4ccc6cccnc6c4n5-c4ccccc4)ccc32)cc1. The molecule has 0 atom stereocenters. The highest BCUT2D eigenvalue weighted by atomic mass is 15.0. The minimum Gasteiger partial charge on any atom is -0.309 e. The summed E-state index contributed by atoms with van der Waals surface area (Å²) in [6, 6.07) is 52.3. The quantitative estimate of drug-likeness (QED) is 0.221. The van der Waals surface area contributed by atoms with E-state index >= 15 is 0 Å². The zero-order valence-corrected chi connectivity index (χ0v) is 22.8. The second-order valence-electron chi connectivity index (χ2n) is 10.9. The molecule has 0 saturated heterocycles. The first kappa shape index (κ1) is 23.1. The van der Waals surface area contributed by atoms with E-state index in [1.165, 1.54) is 54.9 Å². The van der Waals surface area contributed by atoms with Crippen molar-refractivity contribution in [1.82, 2.24) is 14.1 Å². The van der Waals surface area contributed by atoms with Crippen molar-refractivity contribution in [3.05, 3.63) is 152 Å². The minimum atomic E-state index is 1.02.